The van der Waals surface area contributed by atoms with E-state index >= 15 is 0 Å². The van der Waals surface area contributed by atoms with E-state index in [9.17, 15) is 31.9 Å². The summed E-state index contributed by atoms with van der Waals surface area (Å²) in [4.78, 5) is 11.5. The Hall–Kier alpha value is -2.31. The molecule has 1 aliphatic heterocycles. The van der Waals surface area contributed by atoms with Gasteiger partial charge in [-0.3, -0.25) is 9.80 Å². The van der Waals surface area contributed by atoms with Crippen LogP contribution in [0.25, 0.3) is 0 Å². The molecule has 0 aromatic heterocycles. The van der Waals surface area contributed by atoms with Crippen LogP contribution in [0.4, 0.5) is 22.0 Å². The predicted molar refractivity (Wildman–Crippen MR) is 88.6 cm³/mol. The minimum Gasteiger partial charge on any atom is -0.420 e. The van der Waals surface area contributed by atoms with E-state index in [-0.39, 0.29) is 26.4 Å². The fourth-order valence-electron chi connectivity index (χ4n) is 2.37. The van der Waals surface area contributed by atoms with Crippen molar-refractivity contribution in [1.29, 1.82) is 0 Å². The quantitative estimate of drug-likeness (QED) is 0.154. The summed E-state index contributed by atoms with van der Waals surface area (Å²) in [6.07, 6.45) is -0.670. The summed E-state index contributed by atoms with van der Waals surface area (Å²) in [7, 11) is 0. The van der Waals surface area contributed by atoms with Crippen LogP contribution < -0.4 is 4.74 Å². The van der Waals surface area contributed by atoms with Crippen LogP contribution in [-0.2, 0) is 14.3 Å². The molecular weight excluding hydrogens is 407 g/mol. The monoisotopic (exact) mass is 426 g/mol. The Bertz CT molecular complexity index is 748. The number of esters is 1. The first kappa shape index (κ1) is 23.0. The summed E-state index contributed by atoms with van der Waals surface area (Å²) in [6, 6.07) is 0. The molecule has 1 N–H and O–H groups in total. The Morgan fingerprint density at radius 3 is 2.10 bits per heavy atom. The summed E-state index contributed by atoms with van der Waals surface area (Å²) in [5.41, 5.74) is 0.818. The number of carbonyl (C=O) groups is 1. The van der Waals surface area contributed by atoms with Gasteiger partial charge < -0.3 is 19.3 Å². The van der Waals surface area contributed by atoms with Crippen molar-refractivity contribution >= 4 is 11.7 Å². The Morgan fingerprint density at radius 2 is 1.55 bits per heavy atom. The molecule has 1 unspecified atom stereocenters. The van der Waals surface area contributed by atoms with E-state index in [0.29, 0.717) is 13.0 Å². The van der Waals surface area contributed by atoms with E-state index in [2.05, 4.69) is 9.84 Å². The molecule has 162 valence electrons. The van der Waals surface area contributed by atoms with Crippen LogP contribution >= 0.6 is 0 Å². The van der Waals surface area contributed by atoms with Gasteiger partial charge >= 0.3 is 5.97 Å². The second-order valence-corrected chi connectivity index (χ2v) is 6.03. The number of nitrogens with zero attached hydrogens (tertiary/aromatic N) is 2. The number of halogens is 5. The van der Waals surface area contributed by atoms with Gasteiger partial charge in [0.15, 0.2) is 0 Å². The van der Waals surface area contributed by atoms with Gasteiger partial charge in [0, 0.05) is 12.1 Å². The third-order valence-corrected chi connectivity index (χ3v) is 3.79. The minimum absolute atomic E-state index is 0.0840. The summed E-state index contributed by atoms with van der Waals surface area (Å²) < 4.78 is 80.4. The smallest absolute Gasteiger partial charge is 0.313 e. The normalized spacial score (nSPS) is 16.3. The van der Waals surface area contributed by atoms with Crippen molar-refractivity contribution in [2.24, 2.45) is 5.10 Å². The Labute approximate surface area is 162 Å². The molecule has 0 saturated heterocycles. The van der Waals surface area contributed by atoms with Crippen molar-refractivity contribution in [1.82, 2.24) is 5.01 Å². The van der Waals surface area contributed by atoms with E-state index in [4.69, 9.17) is 9.47 Å². The Morgan fingerprint density at radius 1 is 1.00 bits per heavy atom. The summed E-state index contributed by atoms with van der Waals surface area (Å²) in [5.74, 6) is -14.1. The lowest BCUT2D eigenvalue weighted by Crippen LogP contribution is -2.29. The fraction of sp³-hybridized carbons (Fsp3) is 0.529. The highest BCUT2D eigenvalue weighted by atomic mass is 19.2. The van der Waals surface area contributed by atoms with Crippen molar-refractivity contribution < 1.29 is 46.1 Å². The van der Waals surface area contributed by atoms with Crippen LogP contribution in [0.5, 0.6) is 5.75 Å². The molecule has 0 radical (unpaired) electrons. The van der Waals surface area contributed by atoms with E-state index in [1.807, 2.05) is 0 Å². The van der Waals surface area contributed by atoms with Crippen molar-refractivity contribution in [3.05, 3.63) is 29.1 Å². The number of ether oxygens (including phenoxy) is 3. The van der Waals surface area contributed by atoms with Gasteiger partial charge in [0.1, 0.15) is 6.23 Å². The number of benzene rings is 1. The molecule has 0 bridgehead atoms. The molecule has 12 heteroatoms. The largest absolute Gasteiger partial charge is 0.420 e. The average molecular weight is 426 g/mol. The number of rotatable bonds is 10. The third kappa shape index (κ3) is 6.08. The molecule has 0 amide bonds. The zero-order chi connectivity index (χ0) is 21.6. The highest BCUT2D eigenvalue weighted by molar-refractivity contribution is 5.83. The van der Waals surface area contributed by atoms with Crippen molar-refractivity contribution in [2.45, 2.75) is 26.0 Å². The Balaban J connectivity index is 1.62. The molecule has 1 atom stereocenters. The van der Waals surface area contributed by atoms with E-state index in [0.717, 1.165) is 5.71 Å². The average Bonchev–Trinajstić information content (AvgIpc) is 3.01. The number of hydrogen-bond acceptors (Lipinski definition) is 7. The zero-order valence-corrected chi connectivity index (χ0v) is 15.4. The first-order valence-corrected chi connectivity index (χ1v) is 8.58. The SMILES string of the molecule is CC1=NN(CCOCCOCCC(=O)Oc2c(F)c(F)c(F)c(F)c2F)C(O)C1. The molecule has 1 heterocycles. The molecule has 0 fully saturated rings. The maximum absolute atomic E-state index is 13.4. The highest BCUT2D eigenvalue weighted by Crippen LogP contribution is 2.29. The molecular formula is C17H19F5N2O5. The van der Waals surface area contributed by atoms with Crippen LogP contribution in [-0.4, -0.2) is 61.0 Å². The number of carbonyl (C=O) groups excluding carboxylic acids is 1. The standard InChI is InChI=1S/C17H19F5N2O5/c1-9-8-10(25)24(23-9)3-5-28-7-6-27-4-2-11(26)29-17-15(21)13(19)12(18)14(20)16(17)22/h10,25H,2-8H2,1H3. The molecule has 0 spiro atoms. The van der Waals surface area contributed by atoms with Crippen LogP contribution in [0.2, 0.25) is 0 Å². The highest BCUT2D eigenvalue weighted by Gasteiger charge is 2.28. The van der Waals surface area contributed by atoms with Gasteiger partial charge in [-0.25, -0.2) is 13.2 Å². The zero-order valence-electron chi connectivity index (χ0n) is 15.4. The van der Waals surface area contributed by atoms with Gasteiger partial charge in [-0.05, 0) is 6.92 Å². The molecule has 29 heavy (non-hydrogen) atoms. The second-order valence-electron chi connectivity index (χ2n) is 6.03. The van der Waals surface area contributed by atoms with E-state index in [1.165, 1.54) is 5.01 Å². The number of hydrogen-bond donors (Lipinski definition) is 1. The predicted octanol–water partition coefficient (Wildman–Crippen LogP) is 2.11. The van der Waals surface area contributed by atoms with E-state index in [1.54, 1.807) is 6.92 Å². The van der Waals surface area contributed by atoms with Crippen LogP contribution in [0, 0.1) is 29.1 Å². The number of aliphatic hydroxyl groups is 1. The van der Waals surface area contributed by atoms with Crippen molar-refractivity contribution in [2.75, 3.05) is 33.0 Å². The van der Waals surface area contributed by atoms with Gasteiger partial charge in [0.05, 0.1) is 39.4 Å². The first-order valence-electron chi connectivity index (χ1n) is 8.58. The van der Waals surface area contributed by atoms with Crippen molar-refractivity contribution in [3.8, 4) is 5.75 Å². The summed E-state index contributed by atoms with van der Waals surface area (Å²) in [6.45, 7) is 2.49. The maximum atomic E-state index is 13.4. The van der Waals surface area contributed by atoms with Crippen LogP contribution in [0.1, 0.15) is 19.8 Å². The molecule has 2 rings (SSSR count). The van der Waals surface area contributed by atoms with Crippen molar-refractivity contribution in [3.63, 3.8) is 0 Å². The van der Waals surface area contributed by atoms with Gasteiger partial charge in [0.2, 0.25) is 34.8 Å². The molecule has 7 nitrogen and oxygen atoms in total. The summed E-state index contributed by atoms with van der Waals surface area (Å²) in [5, 5.41) is 15.3. The van der Waals surface area contributed by atoms with E-state index < -0.39 is 53.5 Å². The van der Waals surface area contributed by atoms with Gasteiger partial charge in [-0.1, -0.05) is 0 Å². The topological polar surface area (TPSA) is 80.6 Å². The molecule has 1 aromatic carbocycles. The number of aliphatic hydroxyl groups excluding tert-OH is 1. The summed E-state index contributed by atoms with van der Waals surface area (Å²) >= 11 is 0. The van der Waals surface area contributed by atoms with Gasteiger partial charge in [0.25, 0.3) is 0 Å². The molecule has 1 aliphatic rings. The van der Waals surface area contributed by atoms with Crippen LogP contribution in [0.3, 0.4) is 0 Å². The number of hydrazone groups is 1. The lowest BCUT2D eigenvalue weighted by atomic mass is 10.2. The lowest BCUT2D eigenvalue weighted by molar-refractivity contribution is -0.136. The molecule has 0 aliphatic carbocycles. The first-order chi connectivity index (χ1) is 13.7. The van der Waals surface area contributed by atoms with Gasteiger partial charge in [-0.2, -0.15) is 13.9 Å². The van der Waals surface area contributed by atoms with Gasteiger partial charge in [-0.15, -0.1) is 0 Å². The lowest BCUT2D eigenvalue weighted by Gasteiger charge is -2.18. The minimum atomic E-state index is -2.34. The fourth-order valence-corrected chi connectivity index (χ4v) is 2.37. The maximum Gasteiger partial charge on any atom is 0.313 e. The Kier molecular flexibility index (Phi) is 8.29. The molecule has 0 saturated carbocycles. The molecule has 1 aromatic rings. The third-order valence-electron chi connectivity index (χ3n) is 3.79. The van der Waals surface area contributed by atoms with Crippen LogP contribution in [0.15, 0.2) is 5.10 Å². The second kappa shape index (κ2) is 10.5.